The molecule has 1 aromatic heterocycles. The molecule has 9 nitrogen and oxygen atoms in total. The highest BCUT2D eigenvalue weighted by atomic mass is 35.5. The Hall–Kier alpha value is -2.98. The summed E-state index contributed by atoms with van der Waals surface area (Å²) in [4.78, 5) is 48.5. The van der Waals surface area contributed by atoms with Crippen LogP contribution in [0.1, 0.15) is 63.6 Å². The maximum Gasteiger partial charge on any atom is 0.349 e. The molecule has 1 amide bonds. The average molecular weight is 469 g/mol. The van der Waals surface area contributed by atoms with Crippen LogP contribution in [0.2, 0.25) is 5.02 Å². The number of carbonyl (C=O) groups is 3. The Labute approximate surface area is 187 Å². The molecule has 0 atom stereocenters. The van der Waals surface area contributed by atoms with Crippen LogP contribution in [0, 0.1) is 17.0 Å². The molecule has 0 aliphatic carbocycles. The van der Waals surface area contributed by atoms with Crippen LogP contribution < -0.4 is 5.32 Å². The summed E-state index contributed by atoms with van der Waals surface area (Å²) in [6.07, 6.45) is 0. The summed E-state index contributed by atoms with van der Waals surface area (Å²) in [7, 11) is 0. The van der Waals surface area contributed by atoms with E-state index in [4.69, 9.17) is 21.1 Å². The molecule has 0 radical (unpaired) electrons. The van der Waals surface area contributed by atoms with Gasteiger partial charge in [0, 0.05) is 11.1 Å². The van der Waals surface area contributed by atoms with Crippen molar-refractivity contribution in [3.05, 3.63) is 54.9 Å². The van der Waals surface area contributed by atoms with Crippen molar-refractivity contribution in [1.82, 2.24) is 0 Å². The van der Waals surface area contributed by atoms with E-state index in [0.29, 0.717) is 0 Å². The van der Waals surface area contributed by atoms with Gasteiger partial charge in [-0.25, -0.2) is 9.59 Å². The van der Waals surface area contributed by atoms with Crippen molar-refractivity contribution in [2.75, 3.05) is 11.9 Å². The second-order valence-corrected chi connectivity index (χ2v) is 8.81. The number of hydrogen-bond donors (Lipinski definition) is 1. The Morgan fingerprint density at radius 2 is 1.87 bits per heavy atom. The number of anilines is 1. The highest BCUT2D eigenvalue weighted by molar-refractivity contribution is 7.18. The Balaban J connectivity index is 2.51. The normalized spacial score (nSPS) is 11.0. The first-order valence-electron chi connectivity index (χ1n) is 9.14. The van der Waals surface area contributed by atoms with Gasteiger partial charge in [-0.1, -0.05) is 11.6 Å². The van der Waals surface area contributed by atoms with Gasteiger partial charge in [-0.05, 0) is 52.3 Å². The maximum atomic E-state index is 12.8. The number of hydrogen-bond acceptors (Lipinski definition) is 8. The summed E-state index contributed by atoms with van der Waals surface area (Å²) >= 11 is 6.62. The summed E-state index contributed by atoms with van der Waals surface area (Å²) in [5.74, 6) is -2.25. The van der Waals surface area contributed by atoms with Gasteiger partial charge in [0.2, 0.25) is 0 Å². The molecular formula is C20H21ClN2O7S. The van der Waals surface area contributed by atoms with Crippen LogP contribution in [0.3, 0.4) is 0 Å². The number of benzene rings is 1. The van der Waals surface area contributed by atoms with Crippen molar-refractivity contribution >= 4 is 51.5 Å². The van der Waals surface area contributed by atoms with E-state index in [1.165, 1.54) is 19.1 Å². The minimum absolute atomic E-state index is 0.0160. The van der Waals surface area contributed by atoms with Crippen LogP contribution in [0.5, 0.6) is 0 Å². The Kier molecular flexibility index (Phi) is 7.40. The lowest BCUT2D eigenvalue weighted by molar-refractivity contribution is -0.385. The van der Waals surface area contributed by atoms with Crippen molar-refractivity contribution in [3.63, 3.8) is 0 Å². The predicted molar refractivity (Wildman–Crippen MR) is 116 cm³/mol. The Morgan fingerprint density at radius 1 is 1.23 bits per heavy atom. The number of halogens is 1. The van der Waals surface area contributed by atoms with E-state index in [0.717, 1.165) is 17.4 Å². The van der Waals surface area contributed by atoms with E-state index in [1.807, 2.05) is 0 Å². The molecule has 11 heteroatoms. The molecular weight excluding hydrogens is 448 g/mol. The molecule has 166 valence electrons. The van der Waals surface area contributed by atoms with Gasteiger partial charge in [0.15, 0.2) is 0 Å². The smallest absolute Gasteiger partial charge is 0.349 e. The molecule has 1 N–H and O–H groups in total. The quantitative estimate of drug-likeness (QED) is 0.359. The summed E-state index contributed by atoms with van der Waals surface area (Å²) in [6.45, 7) is 8.31. The average Bonchev–Trinajstić information content (AvgIpc) is 2.96. The largest absolute Gasteiger partial charge is 0.462 e. The summed E-state index contributed by atoms with van der Waals surface area (Å²) in [6, 6.07) is 3.59. The van der Waals surface area contributed by atoms with E-state index in [9.17, 15) is 24.5 Å². The molecule has 0 fully saturated rings. The van der Waals surface area contributed by atoms with E-state index in [1.54, 1.807) is 27.7 Å². The second kappa shape index (κ2) is 9.44. The van der Waals surface area contributed by atoms with Crippen LogP contribution >= 0.6 is 22.9 Å². The van der Waals surface area contributed by atoms with Crippen LogP contribution in [0.25, 0.3) is 0 Å². The molecule has 0 unspecified atom stereocenters. The lowest BCUT2D eigenvalue weighted by atomic mass is 10.1. The van der Waals surface area contributed by atoms with E-state index >= 15 is 0 Å². The zero-order valence-electron chi connectivity index (χ0n) is 17.5. The fourth-order valence-corrected chi connectivity index (χ4v) is 3.82. The molecule has 1 aromatic carbocycles. The third-order valence-electron chi connectivity index (χ3n) is 3.84. The fraction of sp³-hybridized carbons (Fsp3) is 0.350. The third-order valence-corrected chi connectivity index (χ3v) is 5.26. The predicted octanol–water partition coefficient (Wildman–Crippen LogP) is 5.00. The monoisotopic (exact) mass is 468 g/mol. The summed E-state index contributed by atoms with van der Waals surface area (Å²) in [5, 5.41) is 13.9. The number of nitrogens with one attached hydrogen (secondary N) is 1. The van der Waals surface area contributed by atoms with Crippen molar-refractivity contribution in [3.8, 4) is 0 Å². The van der Waals surface area contributed by atoms with Crippen molar-refractivity contribution in [1.29, 1.82) is 0 Å². The van der Waals surface area contributed by atoms with E-state index < -0.39 is 34.1 Å². The number of amides is 1. The highest BCUT2D eigenvalue weighted by Crippen LogP contribution is 2.36. The number of ether oxygens (including phenoxy) is 2. The van der Waals surface area contributed by atoms with Gasteiger partial charge >= 0.3 is 11.9 Å². The van der Waals surface area contributed by atoms with Crippen LogP contribution in [-0.2, 0) is 9.47 Å². The third kappa shape index (κ3) is 5.80. The van der Waals surface area contributed by atoms with Gasteiger partial charge in [-0.15, -0.1) is 11.3 Å². The number of nitro benzene ring substituents is 1. The highest BCUT2D eigenvalue weighted by Gasteiger charge is 2.30. The first kappa shape index (κ1) is 24.3. The molecule has 0 saturated heterocycles. The van der Waals surface area contributed by atoms with Crippen molar-refractivity contribution in [2.24, 2.45) is 0 Å². The molecule has 31 heavy (non-hydrogen) atoms. The van der Waals surface area contributed by atoms with Gasteiger partial charge in [0.05, 0.1) is 17.1 Å². The Morgan fingerprint density at radius 3 is 2.42 bits per heavy atom. The topological polar surface area (TPSA) is 125 Å². The molecule has 0 saturated carbocycles. The Bertz CT molecular complexity index is 1060. The van der Waals surface area contributed by atoms with Gasteiger partial charge in [0.25, 0.3) is 11.6 Å². The standard InChI is InChI=1S/C20H21ClN2O7S/c1-6-29-18(25)14-10(2)15(19(26)30-20(3,4)5)31-17(14)22-16(24)12-8-7-11(21)9-13(12)23(27)28/h7-9H,6H2,1-5H3,(H,22,24). The lowest BCUT2D eigenvalue weighted by Crippen LogP contribution is -2.23. The fourth-order valence-electron chi connectivity index (χ4n) is 2.59. The molecule has 0 bridgehead atoms. The summed E-state index contributed by atoms with van der Waals surface area (Å²) in [5.41, 5.74) is -1.26. The number of carbonyl (C=O) groups excluding carboxylic acids is 3. The maximum absolute atomic E-state index is 12.8. The first-order valence-corrected chi connectivity index (χ1v) is 10.3. The van der Waals surface area contributed by atoms with Crippen molar-refractivity contribution in [2.45, 2.75) is 40.2 Å². The molecule has 2 rings (SSSR count). The van der Waals surface area contributed by atoms with Gasteiger partial charge in [-0.2, -0.15) is 0 Å². The van der Waals surface area contributed by atoms with Crippen molar-refractivity contribution < 1.29 is 28.8 Å². The zero-order chi connectivity index (χ0) is 23.5. The zero-order valence-corrected chi connectivity index (χ0v) is 19.1. The first-order chi connectivity index (χ1) is 14.4. The SMILES string of the molecule is CCOC(=O)c1c(NC(=O)c2ccc(Cl)cc2[N+](=O)[O-])sc(C(=O)OC(C)(C)C)c1C. The number of nitrogens with zero attached hydrogens (tertiary/aromatic N) is 1. The number of thiophene rings is 1. The number of rotatable bonds is 6. The van der Waals surface area contributed by atoms with Crippen LogP contribution in [0.15, 0.2) is 18.2 Å². The molecule has 0 spiro atoms. The second-order valence-electron chi connectivity index (χ2n) is 7.36. The molecule has 0 aliphatic rings. The van der Waals surface area contributed by atoms with E-state index in [2.05, 4.69) is 5.32 Å². The number of nitro groups is 1. The van der Waals surface area contributed by atoms with Gasteiger partial charge in [-0.3, -0.25) is 14.9 Å². The minimum atomic E-state index is -0.842. The minimum Gasteiger partial charge on any atom is -0.462 e. The number of esters is 2. The molecule has 0 aliphatic heterocycles. The van der Waals surface area contributed by atoms with Crippen LogP contribution in [-0.4, -0.2) is 35.0 Å². The van der Waals surface area contributed by atoms with E-state index in [-0.39, 0.29) is 38.2 Å². The lowest BCUT2D eigenvalue weighted by Gasteiger charge is -2.19. The summed E-state index contributed by atoms with van der Waals surface area (Å²) < 4.78 is 10.4. The van der Waals surface area contributed by atoms with Gasteiger partial charge < -0.3 is 14.8 Å². The van der Waals surface area contributed by atoms with Crippen LogP contribution in [0.4, 0.5) is 10.7 Å². The molecule has 2 aromatic rings. The molecule has 1 heterocycles. The van der Waals surface area contributed by atoms with Gasteiger partial charge in [0.1, 0.15) is 21.0 Å².